The number of rotatable bonds is 3. The highest BCUT2D eigenvalue weighted by molar-refractivity contribution is 9.10. The SMILES string of the molecule is Cc1cccc(Sc2ccc(C(C)N)c(Br)c2)c1. The van der Waals surface area contributed by atoms with E-state index in [0.29, 0.717) is 0 Å². The second-order valence-electron chi connectivity index (χ2n) is 4.39. The Bertz CT molecular complexity index is 552. The number of benzene rings is 2. The summed E-state index contributed by atoms with van der Waals surface area (Å²) in [6.45, 7) is 4.10. The molecule has 0 saturated heterocycles. The van der Waals surface area contributed by atoms with Crippen molar-refractivity contribution in [2.75, 3.05) is 0 Å². The average molecular weight is 322 g/mol. The lowest BCUT2D eigenvalue weighted by molar-refractivity contribution is 0.811. The van der Waals surface area contributed by atoms with E-state index in [1.807, 2.05) is 6.92 Å². The minimum absolute atomic E-state index is 0.0531. The van der Waals surface area contributed by atoms with E-state index in [2.05, 4.69) is 65.3 Å². The van der Waals surface area contributed by atoms with Crippen LogP contribution in [0.25, 0.3) is 0 Å². The smallest absolute Gasteiger partial charge is 0.0277 e. The second kappa shape index (κ2) is 5.91. The molecule has 2 aromatic rings. The van der Waals surface area contributed by atoms with Crippen molar-refractivity contribution in [3.05, 3.63) is 58.1 Å². The molecule has 2 rings (SSSR count). The molecule has 0 aromatic heterocycles. The van der Waals surface area contributed by atoms with Crippen molar-refractivity contribution in [1.29, 1.82) is 0 Å². The van der Waals surface area contributed by atoms with Crippen LogP contribution in [-0.2, 0) is 0 Å². The first kappa shape index (κ1) is 13.7. The first-order chi connectivity index (χ1) is 8.56. The predicted molar refractivity (Wildman–Crippen MR) is 82.0 cm³/mol. The van der Waals surface area contributed by atoms with Crippen LogP contribution in [0.15, 0.2) is 56.7 Å². The van der Waals surface area contributed by atoms with Gasteiger partial charge in [0.25, 0.3) is 0 Å². The van der Waals surface area contributed by atoms with Gasteiger partial charge in [-0.05, 0) is 43.7 Å². The Labute approximate surface area is 121 Å². The summed E-state index contributed by atoms with van der Waals surface area (Å²) >= 11 is 5.35. The number of aryl methyl sites for hydroxylation is 1. The molecule has 2 aromatic carbocycles. The first-order valence-electron chi connectivity index (χ1n) is 5.86. The van der Waals surface area contributed by atoms with E-state index in [1.165, 1.54) is 15.4 Å². The van der Waals surface area contributed by atoms with Crippen LogP contribution in [0.5, 0.6) is 0 Å². The summed E-state index contributed by atoms with van der Waals surface area (Å²) < 4.78 is 1.08. The predicted octanol–water partition coefficient (Wildman–Crippen LogP) is 4.93. The molecule has 3 heteroatoms. The summed E-state index contributed by atoms with van der Waals surface area (Å²) in [6.07, 6.45) is 0. The monoisotopic (exact) mass is 321 g/mol. The molecule has 0 radical (unpaired) electrons. The standard InChI is InChI=1S/C15H16BrNS/c1-10-4-3-5-12(8-10)18-13-6-7-14(11(2)17)15(16)9-13/h3-9,11H,17H2,1-2H3. The van der Waals surface area contributed by atoms with Crippen LogP contribution in [0.3, 0.4) is 0 Å². The molecule has 0 saturated carbocycles. The second-order valence-corrected chi connectivity index (χ2v) is 6.39. The first-order valence-corrected chi connectivity index (χ1v) is 7.47. The van der Waals surface area contributed by atoms with Gasteiger partial charge >= 0.3 is 0 Å². The average Bonchev–Trinajstić information content (AvgIpc) is 2.28. The third-order valence-electron chi connectivity index (χ3n) is 2.69. The fraction of sp³-hybridized carbons (Fsp3) is 0.200. The van der Waals surface area contributed by atoms with E-state index in [1.54, 1.807) is 11.8 Å². The summed E-state index contributed by atoms with van der Waals surface area (Å²) in [6, 6.07) is 14.9. The minimum atomic E-state index is 0.0531. The lowest BCUT2D eigenvalue weighted by Gasteiger charge is -2.10. The van der Waals surface area contributed by atoms with Gasteiger partial charge < -0.3 is 5.73 Å². The van der Waals surface area contributed by atoms with Crippen LogP contribution >= 0.6 is 27.7 Å². The molecule has 0 amide bonds. The summed E-state index contributed by atoms with van der Waals surface area (Å²) in [5.74, 6) is 0. The van der Waals surface area contributed by atoms with Gasteiger partial charge in [-0.15, -0.1) is 0 Å². The molecule has 0 aliphatic rings. The van der Waals surface area contributed by atoms with Crippen LogP contribution < -0.4 is 5.73 Å². The minimum Gasteiger partial charge on any atom is -0.324 e. The molecule has 1 nitrogen and oxygen atoms in total. The number of hydrogen-bond acceptors (Lipinski definition) is 2. The highest BCUT2D eigenvalue weighted by atomic mass is 79.9. The van der Waals surface area contributed by atoms with Crippen LogP contribution in [0.1, 0.15) is 24.1 Å². The summed E-state index contributed by atoms with van der Waals surface area (Å²) in [5, 5.41) is 0. The van der Waals surface area contributed by atoms with E-state index in [-0.39, 0.29) is 6.04 Å². The van der Waals surface area contributed by atoms with Crippen molar-refractivity contribution in [3.8, 4) is 0 Å². The number of halogens is 1. The van der Waals surface area contributed by atoms with Gasteiger partial charge in [-0.25, -0.2) is 0 Å². The van der Waals surface area contributed by atoms with Gasteiger partial charge in [0.05, 0.1) is 0 Å². The lowest BCUT2D eigenvalue weighted by atomic mass is 10.1. The van der Waals surface area contributed by atoms with E-state index >= 15 is 0 Å². The summed E-state index contributed by atoms with van der Waals surface area (Å²) in [4.78, 5) is 2.48. The Hall–Kier alpha value is -0.770. The molecule has 18 heavy (non-hydrogen) atoms. The van der Waals surface area contributed by atoms with Crippen LogP contribution in [-0.4, -0.2) is 0 Å². The molecule has 94 valence electrons. The molecule has 0 fully saturated rings. The van der Waals surface area contributed by atoms with Gasteiger partial charge in [0, 0.05) is 20.3 Å². The molecule has 0 aliphatic heterocycles. The molecule has 0 spiro atoms. The van der Waals surface area contributed by atoms with Crippen molar-refractivity contribution >= 4 is 27.7 Å². The lowest BCUT2D eigenvalue weighted by Crippen LogP contribution is -2.05. The fourth-order valence-electron chi connectivity index (χ4n) is 1.76. The van der Waals surface area contributed by atoms with Crippen LogP contribution in [0.2, 0.25) is 0 Å². The third kappa shape index (κ3) is 3.37. The van der Waals surface area contributed by atoms with Crippen molar-refractivity contribution in [2.45, 2.75) is 29.7 Å². The van der Waals surface area contributed by atoms with Gasteiger partial charge in [-0.3, -0.25) is 0 Å². The Kier molecular flexibility index (Phi) is 4.49. The maximum atomic E-state index is 5.90. The topological polar surface area (TPSA) is 26.0 Å². The van der Waals surface area contributed by atoms with Gasteiger partial charge in [-0.1, -0.05) is 51.5 Å². The van der Waals surface area contributed by atoms with Crippen molar-refractivity contribution in [1.82, 2.24) is 0 Å². The maximum Gasteiger partial charge on any atom is 0.0277 e. The third-order valence-corrected chi connectivity index (χ3v) is 4.35. The molecular formula is C15H16BrNS. The Morgan fingerprint density at radius 3 is 2.44 bits per heavy atom. The van der Waals surface area contributed by atoms with Crippen LogP contribution in [0, 0.1) is 6.92 Å². The highest BCUT2D eigenvalue weighted by Crippen LogP contribution is 2.32. The number of hydrogen-bond donors (Lipinski definition) is 1. The van der Waals surface area contributed by atoms with Crippen molar-refractivity contribution in [2.24, 2.45) is 5.73 Å². The van der Waals surface area contributed by atoms with Crippen molar-refractivity contribution in [3.63, 3.8) is 0 Å². The molecule has 0 bridgehead atoms. The highest BCUT2D eigenvalue weighted by Gasteiger charge is 2.06. The Morgan fingerprint density at radius 1 is 1.11 bits per heavy atom. The normalized spacial score (nSPS) is 12.4. The molecular weight excluding hydrogens is 306 g/mol. The zero-order chi connectivity index (χ0) is 13.1. The zero-order valence-corrected chi connectivity index (χ0v) is 12.9. The largest absolute Gasteiger partial charge is 0.324 e. The van der Waals surface area contributed by atoms with E-state index in [0.717, 1.165) is 10.0 Å². The van der Waals surface area contributed by atoms with E-state index in [9.17, 15) is 0 Å². The molecule has 0 heterocycles. The van der Waals surface area contributed by atoms with Crippen LogP contribution in [0.4, 0.5) is 0 Å². The fourth-order valence-corrected chi connectivity index (χ4v) is 3.62. The summed E-state index contributed by atoms with van der Waals surface area (Å²) in [5.41, 5.74) is 8.33. The van der Waals surface area contributed by atoms with Gasteiger partial charge in [0.15, 0.2) is 0 Å². The quantitative estimate of drug-likeness (QED) is 0.867. The summed E-state index contributed by atoms with van der Waals surface area (Å²) in [7, 11) is 0. The number of nitrogens with two attached hydrogens (primary N) is 1. The van der Waals surface area contributed by atoms with Gasteiger partial charge in [0.2, 0.25) is 0 Å². The van der Waals surface area contributed by atoms with Gasteiger partial charge in [0.1, 0.15) is 0 Å². The Balaban J connectivity index is 2.23. The molecule has 1 atom stereocenters. The molecule has 0 aliphatic carbocycles. The van der Waals surface area contributed by atoms with Crippen molar-refractivity contribution < 1.29 is 0 Å². The zero-order valence-electron chi connectivity index (χ0n) is 10.5. The maximum absolute atomic E-state index is 5.90. The molecule has 1 unspecified atom stereocenters. The van der Waals surface area contributed by atoms with E-state index < -0.39 is 0 Å². The van der Waals surface area contributed by atoms with Gasteiger partial charge in [-0.2, -0.15) is 0 Å². The molecule has 2 N–H and O–H groups in total. The Morgan fingerprint density at radius 2 is 1.83 bits per heavy atom. The van der Waals surface area contributed by atoms with E-state index in [4.69, 9.17) is 5.73 Å².